The van der Waals surface area contributed by atoms with E-state index in [2.05, 4.69) is 111 Å². The maximum atomic E-state index is 5.22. The summed E-state index contributed by atoms with van der Waals surface area (Å²) in [5.41, 5.74) is 8.60. The van der Waals surface area contributed by atoms with Gasteiger partial charge in [-0.05, 0) is 59.5 Å². The fraction of sp³-hybridized carbons (Fsp3) is 0. The lowest BCUT2D eigenvalue weighted by molar-refractivity contribution is 1.08. The molecule has 5 aromatic heterocycles. The van der Waals surface area contributed by atoms with Gasteiger partial charge in [0.2, 0.25) is 0 Å². The van der Waals surface area contributed by atoms with Gasteiger partial charge >= 0.3 is 0 Å². The predicted octanol–water partition coefficient (Wildman–Crippen LogP) is 8.35. The Kier molecular flexibility index (Phi) is 4.27. The van der Waals surface area contributed by atoms with Gasteiger partial charge in [0.15, 0.2) is 0 Å². The third kappa shape index (κ3) is 2.83. The summed E-state index contributed by atoms with van der Waals surface area (Å²) < 4.78 is 4.60. The molecular weight excluding hydrogens is 490 g/mol. The van der Waals surface area contributed by atoms with Gasteiger partial charge in [-0.25, -0.2) is 9.97 Å². The second-order valence-electron chi connectivity index (χ2n) is 10.2. The molecule has 5 heterocycles. The Hall–Kier alpha value is -5.55. The number of hydrogen-bond acceptors (Lipinski definition) is 3. The average molecular weight is 512 g/mol. The maximum Gasteiger partial charge on any atom is 0.147 e. The molecule has 0 amide bonds. The molecule has 5 heteroatoms. The number of rotatable bonds is 2. The number of nitrogens with zero attached hydrogens (tertiary/aromatic N) is 5. The van der Waals surface area contributed by atoms with Crippen molar-refractivity contribution in [2.45, 2.75) is 0 Å². The van der Waals surface area contributed by atoms with Crippen LogP contribution in [0.15, 0.2) is 128 Å². The molecule has 0 fully saturated rings. The molecule has 0 saturated carbocycles. The number of pyridine rings is 3. The third-order valence-electron chi connectivity index (χ3n) is 8.03. The standard InChI is InChI=1S/C35H21N5/c1-4-12-28-24(9-1)25-15-16-31-33(34(25)35-38-27-11-3-6-14-30(27)40(28)35)26-10-2-5-13-29(26)39(31)32-20-22(17-19-37-32)23-8-7-18-36-21-23/h1-21H. The van der Waals surface area contributed by atoms with Crippen LogP contribution < -0.4 is 0 Å². The van der Waals surface area contributed by atoms with Crippen LogP contribution in [0.5, 0.6) is 0 Å². The lowest BCUT2D eigenvalue weighted by Gasteiger charge is -2.11. The summed E-state index contributed by atoms with van der Waals surface area (Å²) >= 11 is 0. The van der Waals surface area contributed by atoms with Crippen molar-refractivity contribution in [1.29, 1.82) is 0 Å². The molecule has 9 rings (SSSR count). The molecule has 5 nitrogen and oxygen atoms in total. The van der Waals surface area contributed by atoms with Crippen LogP contribution in [-0.4, -0.2) is 23.9 Å². The summed E-state index contributed by atoms with van der Waals surface area (Å²) in [6.45, 7) is 0. The highest BCUT2D eigenvalue weighted by Gasteiger charge is 2.21. The van der Waals surface area contributed by atoms with Gasteiger partial charge in [0.05, 0.1) is 27.6 Å². The van der Waals surface area contributed by atoms with E-state index in [1.807, 2.05) is 24.5 Å². The molecule has 9 aromatic rings. The first-order chi connectivity index (χ1) is 19.9. The van der Waals surface area contributed by atoms with Gasteiger partial charge in [-0.3, -0.25) is 14.0 Å². The molecule has 4 aromatic carbocycles. The topological polar surface area (TPSA) is 48.0 Å². The molecule has 40 heavy (non-hydrogen) atoms. The Labute approximate surface area is 228 Å². The van der Waals surface area contributed by atoms with Crippen molar-refractivity contribution in [3.8, 4) is 16.9 Å². The monoisotopic (exact) mass is 511 g/mol. The fourth-order valence-electron chi connectivity index (χ4n) is 6.35. The molecular formula is C35H21N5. The number of hydrogen-bond donors (Lipinski definition) is 0. The van der Waals surface area contributed by atoms with Crippen LogP contribution in [0.1, 0.15) is 0 Å². The van der Waals surface area contributed by atoms with Gasteiger partial charge in [-0.2, -0.15) is 0 Å². The van der Waals surface area contributed by atoms with Crippen molar-refractivity contribution in [3.05, 3.63) is 128 Å². The molecule has 186 valence electrons. The Morgan fingerprint density at radius 2 is 1.32 bits per heavy atom. The molecule has 0 N–H and O–H groups in total. The van der Waals surface area contributed by atoms with E-state index in [9.17, 15) is 0 Å². The third-order valence-corrected chi connectivity index (χ3v) is 8.03. The Morgan fingerprint density at radius 3 is 2.20 bits per heavy atom. The minimum absolute atomic E-state index is 0.872. The second kappa shape index (κ2) is 7.98. The number of para-hydroxylation sites is 4. The minimum atomic E-state index is 0.872. The predicted molar refractivity (Wildman–Crippen MR) is 163 cm³/mol. The van der Waals surface area contributed by atoms with Crippen LogP contribution in [0.25, 0.3) is 77.1 Å². The molecule has 0 atom stereocenters. The van der Waals surface area contributed by atoms with Crippen molar-refractivity contribution in [2.75, 3.05) is 0 Å². The quantitative estimate of drug-likeness (QED) is 0.219. The molecule has 0 aliphatic heterocycles. The minimum Gasteiger partial charge on any atom is -0.294 e. The van der Waals surface area contributed by atoms with E-state index >= 15 is 0 Å². The number of benzene rings is 4. The number of aromatic nitrogens is 5. The highest BCUT2D eigenvalue weighted by Crippen LogP contribution is 2.41. The van der Waals surface area contributed by atoms with Gasteiger partial charge < -0.3 is 0 Å². The lowest BCUT2D eigenvalue weighted by atomic mass is 10.0. The van der Waals surface area contributed by atoms with Crippen molar-refractivity contribution >= 4 is 60.2 Å². The summed E-state index contributed by atoms with van der Waals surface area (Å²) in [7, 11) is 0. The maximum absolute atomic E-state index is 5.22. The highest BCUT2D eigenvalue weighted by molar-refractivity contribution is 6.29. The first-order valence-electron chi connectivity index (χ1n) is 13.4. The summed E-state index contributed by atoms with van der Waals surface area (Å²) in [4.78, 5) is 14.4. The normalized spacial score (nSPS) is 12.0. The SMILES string of the molecule is c1cncc(-c2ccnc(-n3c4ccccc4c4c5c(ccc43)c3ccccc3n3c4ccccc4nc53)c2)c1. The van der Waals surface area contributed by atoms with E-state index < -0.39 is 0 Å². The first-order valence-corrected chi connectivity index (χ1v) is 13.4. The summed E-state index contributed by atoms with van der Waals surface area (Å²) in [5, 5.41) is 5.94. The van der Waals surface area contributed by atoms with Gasteiger partial charge in [-0.1, -0.05) is 60.7 Å². The molecule has 0 bridgehead atoms. The second-order valence-corrected chi connectivity index (χ2v) is 10.2. The highest BCUT2D eigenvalue weighted by atomic mass is 15.1. The molecule has 0 aliphatic carbocycles. The zero-order valence-corrected chi connectivity index (χ0v) is 21.4. The van der Waals surface area contributed by atoms with Crippen LogP contribution in [0.3, 0.4) is 0 Å². The lowest BCUT2D eigenvalue weighted by Crippen LogP contribution is -1.98. The van der Waals surface area contributed by atoms with Crippen LogP contribution >= 0.6 is 0 Å². The fourth-order valence-corrected chi connectivity index (χ4v) is 6.35. The van der Waals surface area contributed by atoms with E-state index in [4.69, 9.17) is 9.97 Å². The van der Waals surface area contributed by atoms with Crippen molar-refractivity contribution in [3.63, 3.8) is 0 Å². The van der Waals surface area contributed by atoms with E-state index in [0.29, 0.717) is 0 Å². The number of fused-ring (bicyclic) bond motifs is 12. The molecule has 0 radical (unpaired) electrons. The Balaban J connectivity index is 1.49. The van der Waals surface area contributed by atoms with Crippen LogP contribution in [-0.2, 0) is 0 Å². The Bertz CT molecular complexity index is 2430. The van der Waals surface area contributed by atoms with Crippen molar-refractivity contribution in [1.82, 2.24) is 23.9 Å². The average Bonchev–Trinajstić information content (AvgIpc) is 3.58. The zero-order valence-electron chi connectivity index (χ0n) is 21.4. The number of imidazole rings is 1. The Morgan fingerprint density at radius 1 is 0.525 bits per heavy atom. The van der Waals surface area contributed by atoms with Crippen molar-refractivity contribution in [2.24, 2.45) is 0 Å². The van der Waals surface area contributed by atoms with Gasteiger partial charge in [0.1, 0.15) is 11.5 Å². The van der Waals surface area contributed by atoms with Gasteiger partial charge in [0.25, 0.3) is 0 Å². The van der Waals surface area contributed by atoms with Crippen LogP contribution in [0.4, 0.5) is 0 Å². The molecule has 0 spiro atoms. The molecule has 0 saturated heterocycles. The van der Waals surface area contributed by atoms with Gasteiger partial charge in [0, 0.05) is 45.7 Å². The summed E-state index contributed by atoms with van der Waals surface area (Å²) in [6, 6.07) is 38.4. The summed E-state index contributed by atoms with van der Waals surface area (Å²) in [6.07, 6.45) is 5.57. The first kappa shape index (κ1) is 21.4. The van der Waals surface area contributed by atoms with E-state index in [-0.39, 0.29) is 0 Å². The van der Waals surface area contributed by atoms with E-state index in [0.717, 1.165) is 55.6 Å². The largest absolute Gasteiger partial charge is 0.294 e. The van der Waals surface area contributed by atoms with Crippen LogP contribution in [0.2, 0.25) is 0 Å². The molecule has 0 aliphatic rings. The summed E-state index contributed by atoms with van der Waals surface area (Å²) in [5.74, 6) is 0.872. The van der Waals surface area contributed by atoms with E-state index in [1.165, 1.54) is 21.5 Å². The van der Waals surface area contributed by atoms with Crippen LogP contribution in [0, 0.1) is 0 Å². The smallest absolute Gasteiger partial charge is 0.147 e. The van der Waals surface area contributed by atoms with E-state index in [1.54, 1.807) is 6.20 Å². The van der Waals surface area contributed by atoms with Crippen molar-refractivity contribution < 1.29 is 0 Å². The van der Waals surface area contributed by atoms with Gasteiger partial charge in [-0.15, -0.1) is 0 Å². The zero-order chi connectivity index (χ0) is 26.2. The molecule has 0 unspecified atom stereocenters.